The lowest BCUT2D eigenvalue weighted by Crippen LogP contribution is -2.74. The van der Waals surface area contributed by atoms with E-state index >= 15 is 0 Å². The zero-order valence-electron chi connectivity index (χ0n) is 23.6. The van der Waals surface area contributed by atoms with E-state index in [1.54, 1.807) is 46.8 Å². The molecular formula is C29H35NO10. The lowest BCUT2D eigenvalue weighted by atomic mass is 9.50. The summed E-state index contributed by atoms with van der Waals surface area (Å²) in [5, 5.41) is 12.4. The molecule has 216 valence electrons. The number of ether oxygens (including phenoxy) is 6. The molecular weight excluding hydrogens is 522 g/mol. The van der Waals surface area contributed by atoms with Gasteiger partial charge in [0.2, 0.25) is 5.79 Å². The molecule has 2 bridgehead atoms. The fourth-order valence-electron chi connectivity index (χ4n) is 7.04. The van der Waals surface area contributed by atoms with E-state index in [9.17, 15) is 19.5 Å². The minimum Gasteiger partial charge on any atom is -0.477 e. The van der Waals surface area contributed by atoms with Crippen molar-refractivity contribution in [2.45, 2.75) is 101 Å². The molecule has 1 spiro atoms. The standard InChI is InChI=1S/C29H35NO10/c1-26(2,3)40-25(33)36-16-8-7-15-13-19-29(34)10-9-17(35-20(31)14-18-24(32)39-27(4,5)38-18)23-28(29,11-12-30(19)6)21(15)22(16)37-23/h7-9,18-19,23,34H,10-14H2,1-6H3/t18-,19+,23-,28-,29+/m0/s1. The van der Waals surface area contributed by atoms with Gasteiger partial charge in [-0.25, -0.2) is 9.59 Å². The molecule has 1 aromatic rings. The molecule has 11 nitrogen and oxygen atoms in total. The number of aliphatic hydroxyl groups is 1. The highest BCUT2D eigenvalue weighted by atomic mass is 16.8. The molecule has 11 heteroatoms. The summed E-state index contributed by atoms with van der Waals surface area (Å²) in [6.07, 6.45) is -0.104. The second-order valence-electron chi connectivity index (χ2n) is 12.8. The molecule has 2 aliphatic carbocycles. The van der Waals surface area contributed by atoms with Gasteiger partial charge in [-0.1, -0.05) is 6.07 Å². The van der Waals surface area contributed by atoms with Crippen molar-refractivity contribution in [3.8, 4) is 11.5 Å². The summed E-state index contributed by atoms with van der Waals surface area (Å²) in [6.45, 7) is 9.10. The molecule has 3 heterocycles. The fourth-order valence-corrected chi connectivity index (χ4v) is 7.04. The van der Waals surface area contributed by atoms with E-state index in [1.807, 2.05) is 13.1 Å². The van der Waals surface area contributed by atoms with Crippen LogP contribution in [0.3, 0.4) is 0 Å². The fraction of sp³-hybridized carbons (Fsp3) is 0.621. The quantitative estimate of drug-likeness (QED) is 0.333. The summed E-state index contributed by atoms with van der Waals surface area (Å²) in [6, 6.07) is 3.37. The van der Waals surface area contributed by atoms with Gasteiger partial charge in [0.15, 0.2) is 23.7 Å². The van der Waals surface area contributed by atoms with Gasteiger partial charge in [0, 0.05) is 31.9 Å². The van der Waals surface area contributed by atoms with Crippen molar-refractivity contribution in [1.82, 2.24) is 4.90 Å². The van der Waals surface area contributed by atoms with Crippen LogP contribution in [0, 0.1) is 0 Å². The normalized spacial score (nSPS) is 33.3. The average molecular weight is 558 g/mol. The number of carbonyl (C=O) groups excluding carboxylic acids is 3. The molecule has 2 fully saturated rings. The third kappa shape index (κ3) is 4.01. The molecule has 3 aliphatic heterocycles. The molecule has 0 unspecified atom stereocenters. The van der Waals surface area contributed by atoms with Gasteiger partial charge in [0.05, 0.1) is 17.4 Å². The van der Waals surface area contributed by atoms with Crippen molar-refractivity contribution < 1.29 is 47.9 Å². The van der Waals surface area contributed by atoms with Gasteiger partial charge < -0.3 is 38.4 Å². The topological polar surface area (TPSA) is 130 Å². The van der Waals surface area contributed by atoms with Gasteiger partial charge in [0.25, 0.3) is 0 Å². The number of esters is 2. The maximum Gasteiger partial charge on any atom is 0.514 e. The van der Waals surface area contributed by atoms with Crippen LogP contribution in [-0.2, 0) is 40.4 Å². The molecule has 0 amide bonds. The Morgan fingerprint density at radius 3 is 2.62 bits per heavy atom. The molecule has 0 radical (unpaired) electrons. The molecule has 0 saturated carbocycles. The SMILES string of the molecule is CN1CC[C@]23c4c5ccc(OC(=O)OC(C)(C)C)c4O[C@H]2C(OC(=O)C[C@@H]2OC(C)(C)OC2=O)=CC[C@@]3(O)[C@H]1C5. The smallest absolute Gasteiger partial charge is 0.477 e. The minimum atomic E-state index is -1.22. The van der Waals surface area contributed by atoms with Gasteiger partial charge in [-0.3, -0.25) is 4.79 Å². The van der Waals surface area contributed by atoms with Crippen molar-refractivity contribution in [3.63, 3.8) is 0 Å². The highest BCUT2D eigenvalue weighted by Crippen LogP contribution is 2.65. The summed E-state index contributed by atoms with van der Waals surface area (Å²) in [4.78, 5) is 40.0. The third-order valence-corrected chi connectivity index (χ3v) is 8.54. The number of nitrogens with zero attached hydrogens (tertiary/aromatic N) is 1. The maximum absolute atomic E-state index is 13.0. The first kappa shape index (κ1) is 27.0. The number of likely N-dealkylation sites (N-methyl/N-ethyl adjacent to an activating group) is 1. The molecule has 1 aromatic carbocycles. The van der Waals surface area contributed by atoms with Crippen LogP contribution < -0.4 is 9.47 Å². The predicted octanol–water partition coefficient (Wildman–Crippen LogP) is 2.89. The van der Waals surface area contributed by atoms with Crippen LogP contribution in [0.25, 0.3) is 0 Å². The lowest BCUT2D eigenvalue weighted by molar-refractivity contribution is -0.171. The van der Waals surface area contributed by atoms with E-state index in [1.165, 1.54) is 0 Å². The van der Waals surface area contributed by atoms with Crippen molar-refractivity contribution in [2.75, 3.05) is 13.6 Å². The number of carbonyl (C=O) groups is 3. The van der Waals surface area contributed by atoms with Crippen molar-refractivity contribution in [1.29, 1.82) is 0 Å². The monoisotopic (exact) mass is 557 g/mol. The largest absolute Gasteiger partial charge is 0.514 e. The van der Waals surface area contributed by atoms with Gasteiger partial charge in [-0.15, -0.1) is 0 Å². The van der Waals surface area contributed by atoms with Crippen LogP contribution in [0.15, 0.2) is 24.0 Å². The summed E-state index contributed by atoms with van der Waals surface area (Å²) < 4.78 is 34.0. The van der Waals surface area contributed by atoms with E-state index in [2.05, 4.69) is 4.90 Å². The molecule has 0 aromatic heterocycles. The Bertz CT molecular complexity index is 1330. The van der Waals surface area contributed by atoms with Crippen LogP contribution in [0.5, 0.6) is 11.5 Å². The Balaban J connectivity index is 1.35. The lowest BCUT2D eigenvalue weighted by Gasteiger charge is -2.61. The number of likely N-dealkylation sites (tertiary alicyclic amines) is 1. The van der Waals surface area contributed by atoms with Gasteiger partial charge >= 0.3 is 18.1 Å². The summed E-state index contributed by atoms with van der Waals surface area (Å²) in [5.74, 6) is -1.68. The first-order valence-corrected chi connectivity index (χ1v) is 13.6. The van der Waals surface area contributed by atoms with Crippen molar-refractivity contribution in [2.24, 2.45) is 0 Å². The Morgan fingerprint density at radius 2 is 1.95 bits per heavy atom. The molecule has 40 heavy (non-hydrogen) atoms. The number of hydrogen-bond acceptors (Lipinski definition) is 11. The molecule has 5 aliphatic rings. The van der Waals surface area contributed by atoms with Crippen molar-refractivity contribution in [3.05, 3.63) is 35.1 Å². The number of hydrogen-bond donors (Lipinski definition) is 1. The number of benzene rings is 1. The maximum atomic E-state index is 13.0. The number of cyclic esters (lactones) is 1. The Kier molecular flexibility index (Phi) is 5.86. The van der Waals surface area contributed by atoms with Gasteiger partial charge in [-0.2, -0.15) is 0 Å². The average Bonchev–Trinajstić information content (AvgIpc) is 3.30. The van der Waals surface area contributed by atoms with Crippen LogP contribution in [0.1, 0.15) is 65.0 Å². The van der Waals surface area contributed by atoms with Crippen LogP contribution in [0.4, 0.5) is 4.79 Å². The third-order valence-electron chi connectivity index (χ3n) is 8.54. The second kappa shape index (κ2) is 8.67. The number of piperidine rings is 1. The molecule has 1 N–H and O–H groups in total. The Hall–Kier alpha value is -3.15. The van der Waals surface area contributed by atoms with Crippen molar-refractivity contribution >= 4 is 18.1 Å². The second-order valence-corrected chi connectivity index (χ2v) is 12.8. The highest BCUT2D eigenvalue weighted by molar-refractivity contribution is 5.83. The summed E-state index contributed by atoms with van der Waals surface area (Å²) in [5.41, 5.74) is -1.15. The van der Waals surface area contributed by atoms with E-state index in [0.29, 0.717) is 25.1 Å². The number of rotatable bonds is 4. The minimum absolute atomic E-state index is 0.173. The molecule has 2 saturated heterocycles. The van der Waals surface area contributed by atoms with E-state index in [0.717, 1.165) is 11.1 Å². The van der Waals surface area contributed by atoms with E-state index < -0.39 is 52.7 Å². The molecule has 5 atom stereocenters. The Labute approximate surface area is 232 Å². The highest BCUT2D eigenvalue weighted by Gasteiger charge is 2.72. The molecule has 6 rings (SSSR count). The first-order valence-electron chi connectivity index (χ1n) is 13.6. The van der Waals surface area contributed by atoms with Crippen LogP contribution in [0.2, 0.25) is 0 Å². The van der Waals surface area contributed by atoms with Crippen LogP contribution in [-0.4, -0.2) is 76.9 Å². The summed E-state index contributed by atoms with van der Waals surface area (Å²) in [7, 11) is 1.99. The van der Waals surface area contributed by atoms with Gasteiger partial charge in [0.1, 0.15) is 11.4 Å². The van der Waals surface area contributed by atoms with Crippen LogP contribution >= 0.6 is 0 Å². The zero-order valence-corrected chi connectivity index (χ0v) is 23.6. The summed E-state index contributed by atoms with van der Waals surface area (Å²) >= 11 is 0. The first-order chi connectivity index (χ1) is 18.6. The van der Waals surface area contributed by atoms with E-state index in [4.69, 9.17) is 28.4 Å². The van der Waals surface area contributed by atoms with Gasteiger partial charge in [-0.05, 0) is 64.9 Å². The Morgan fingerprint density at radius 1 is 1.20 bits per heavy atom. The predicted molar refractivity (Wildman–Crippen MR) is 138 cm³/mol. The van der Waals surface area contributed by atoms with E-state index in [-0.39, 0.29) is 30.4 Å². The zero-order chi connectivity index (χ0) is 28.8.